The van der Waals surface area contributed by atoms with E-state index in [2.05, 4.69) is 184 Å². The second kappa shape index (κ2) is 13.1. The molecule has 0 N–H and O–H groups in total. The number of nitrogens with zero attached hydrogens (tertiary/aromatic N) is 2. The summed E-state index contributed by atoms with van der Waals surface area (Å²) in [4.78, 5) is 10.4. The maximum atomic E-state index is 5.21. The van der Waals surface area contributed by atoms with Crippen LogP contribution in [0.15, 0.2) is 176 Å². The maximum absolute atomic E-state index is 5.21. The molecule has 0 saturated heterocycles. The number of benzene rings is 8. The molecule has 2 heteroatoms. The monoisotopic (exact) mass is 728 g/mol. The lowest BCUT2D eigenvalue weighted by atomic mass is 9.78. The zero-order chi connectivity index (χ0) is 38.1. The molecule has 0 aliphatic heterocycles. The maximum Gasteiger partial charge on any atom is 0.161 e. The van der Waals surface area contributed by atoms with Crippen molar-refractivity contribution in [2.45, 2.75) is 32.1 Å². The SMILES string of the molecule is CC1(C)c2cc(-c3ccc(-c4nc(-c5ccccc5)cc(-c5ccccc5)n4)c4ccccc34)ccc2-c2c1cc1c(c2-c2ccc3ccccc3c2)C=CCC1. The van der Waals surface area contributed by atoms with Gasteiger partial charge in [-0.3, -0.25) is 0 Å². The molecule has 0 amide bonds. The number of rotatable bonds is 5. The van der Waals surface area contributed by atoms with Crippen LogP contribution in [0.5, 0.6) is 0 Å². The fraction of sp³-hybridized carbons (Fsp3) is 0.0909. The van der Waals surface area contributed by atoms with Gasteiger partial charge in [-0.25, -0.2) is 9.97 Å². The third-order valence-electron chi connectivity index (χ3n) is 12.3. The lowest BCUT2D eigenvalue weighted by molar-refractivity contribution is 0.659. The van der Waals surface area contributed by atoms with Gasteiger partial charge in [-0.2, -0.15) is 0 Å². The van der Waals surface area contributed by atoms with Gasteiger partial charge in [-0.1, -0.05) is 172 Å². The van der Waals surface area contributed by atoms with E-state index in [1.807, 2.05) is 12.1 Å². The molecule has 2 aliphatic carbocycles. The van der Waals surface area contributed by atoms with Crippen molar-refractivity contribution in [1.29, 1.82) is 0 Å². The molecule has 270 valence electrons. The van der Waals surface area contributed by atoms with Crippen LogP contribution in [0.3, 0.4) is 0 Å². The lowest BCUT2D eigenvalue weighted by Gasteiger charge is -2.25. The molecule has 57 heavy (non-hydrogen) atoms. The minimum atomic E-state index is -0.169. The van der Waals surface area contributed by atoms with Crippen molar-refractivity contribution in [2.24, 2.45) is 0 Å². The minimum absolute atomic E-state index is 0.169. The summed E-state index contributed by atoms with van der Waals surface area (Å²) in [6.45, 7) is 4.83. The molecule has 2 nitrogen and oxygen atoms in total. The van der Waals surface area contributed by atoms with Crippen LogP contribution in [-0.4, -0.2) is 9.97 Å². The third kappa shape index (κ3) is 5.47. The van der Waals surface area contributed by atoms with Crippen molar-refractivity contribution in [2.75, 3.05) is 0 Å². The molecular formula is C55H40N2. The highest BCUT2D eigenvalue weighted by atomic mass is 14.9. The first-order valence-electron chi connectivity index (χ1n) is 20.0. The van der Waals surface area contributed by atoms with Crippen LogP contribution >= 0.6 is 0 Å². The van der Waals surface area contributed by atoms with Gasteiger partial charge in [-0.05, 0) is 114 Å². The van der Waals surface area contributed by atoms with E-state index in [-0.39, 0.29) is 5.41 Å². The molecule has 0 atom stereocenters. The van der Waals surface area contributed by atoms with E-state index in [9.17, 15) is 0 Å². The molecule has 0 unspecified atom stereocenters. The van der Waals surface area contributed by atoms with Gasteiger partial charge in [0.15, 0.2) is 5.82 Å². The Bertz CT molecular complexity index is 3020. The van der Waals surface area contributed by atoms with Crippen molar-refractivity contribution in [3.8, 4) is 67.3 Å². The number of aromatic nitrogens is 2. The van der Waals surface area contributed by atoms with Crippen LogP contribution in [-0.2, 0) is 11.8 Å². The molecule has 0 spiro atoms. The Morgan fingerprint density at radius 3 is 1.81 bits per heavy atom. The van der Waals surface area contributed by atoms with E-state index < -0.39 is 0 Å². The first-order chi connectivity index (χ1) is 28.0. The van der Waals surface area contributed by atoms with Crippen LogP contribution < -0.4 is 0 Å². The van der Waals surface area contributed by atoms with Gasteiger partial charge in [0.2, 0.25) is 0 Å². The lowest BCUT2D eigenvalue weighted by Crippen LogP contribution is -2.16. The Labute approximate surface area is 333 Å². The van der Waals surface area contributed by atoms with Gasteiger partial charge in [0.25, 0.3) is 0 Å². The van der Waals surface area contributed by atoms with Crippen molar-refractivity contribution >= 4 is 27.6 Å². The van der Waals surface area contributed by atoms with Crippen LogP contribution in [0.2, 0.25) is 0 Å². The van der Waals surface area contributed by atoms with Crippen molar-refractivity contribution < 1.29 is 0 Å². The quantitative estimate of drug-likeness (QED) is 0.176. The largest absolute Gasteiger partial charge is 0.228 e. The fourth-order valence-electron chi connectivity index (χ4n) is 9.43. The summed E-state index contributed by atoms with van der Waals surface area (Å²) in [6.07, 6.45) is 6.88. The Hall–Kier alpha value is -6.90. The van der Waals surface area contributed by atoms with Crippen molar-refractivity contribution in [3.05, 3.63) is 198 Å². The predicted octanol–water partition coefficient (Wildman–Crippen LogP) is 14.4. The van der Waals surface area contributed by atoms with Gasteiger partial charge in [0, 0.05) is 22.1 Å². The van der Waals surface area contributed by atoms with Gasteiger partial charge in [0.05, 0.1) is 11.4 Å². The normalized spacial score (nSPS) is 13.7. The van der Waals surface area contributed by atoms with E-state index in [4.69, 9.17) is 9.97 Å². The molecule has 0 saturated carbocycles. The third-order valence-corrected chi connectivity index (χ3v) is 12.3. The summed E-state index contributed by atoms with van der Waals surface area (Å²) in [5.41, 5.74) is 18.3. The Kier molecular flexibility index (Phi) is 7.69. The van der Waals surface area contributed by atoms with E-state index >= 15 is 0 Å². The summed E-state index contributed by atoms with van der Waals surface area (Å²) >= 11 is 0. The molecule has 0 fully saturated rings. The zero-order valence-corrected chi connectivity index (χ0v) is 32.1. The number of aryl methyl sites for hydroxylation is 1. The van der Waals surface area contributed by atoms with Crippen molar-refractivity contribution in [1.82, 2.24) is 9.97 Å². The topological polar surface area (TPSA) is 25.8 Å². The van der Waals surface area contributed by atoms with E-state index in [0.29, 0.717) is 0 Å². The second-order valence-electron chi connectivity index (χ2n) is 16.0. The minimum Gasteiger partial charge on any atom is -0.228 e. The van der Waals surface area contributed by atoms with Crippen LogP contribution in [0.1, 0.15) is 42.5 Å². The smallest absolute Gasteiger partial charge is 0.161 e. The number of hydrogen-bond donors (Lipinski definition) is 0. The van der Waals surface area contributed by atoms with Gasteiger partial charge in [-0.15, -0.1) is 0 Å². The van der Waals surface area contributed by atoms with Gasteiger partial charge in [0.1, 0.15) is 0 Å². The highest BCUT2D eigenvalue weighted by Crippen LogP contribution is 2.55. The van der Waals surface area contributed by atoms with Gasteiger partial charge < -0.3 is 0 Å². The summed E-state index contributed by atoms with van der Waals surface area (Å²) < 4.78 is 0. The summed E-state index contributed by atoms with van der Waals surface area (Å²) in [5.74, 6) is 0.725. The molecule has 2 aliphatic rings. The Morgan fingerprint density at radius 2 is 1.07 bits per heavy atom. The van der Waals surface area contributed by atoms with Crippen LogP contribution in [0.4, 0.5) is 0 Å². The van der Waals surface area contributed by atoms with E-state index in [1.165, 1.54) is 71.8 Å². The molecule has 11 rings (SSSR count). The van der Waals surface area contributed by atoms with E-state index in [1.54, 1.807) is 0 Å². The standard InChI is InChI=1S/C55H40N2/c1-55(2)48-32-40(27-28-47(48)53-49(55)33-39-21-11-12-22-43(39)52(53)41-26-25-35-15-9-10-20-38(35)31-41)42-29-30-46(45-24-14-13-23-44(42)45)54-56-50(36-16-5-3-6-17-36)34-51(57-54)37-18-7-4-8-19-37/h3-10,12-20,22-34H,11,21H2,1-2H3. The molecule has 1 heterocycles. The first-order valence-corrected chi connectivity index (χ1v) is 20.0. The molecular weight excluding hydrogens is 689 g/mol. The highest BCUT2D eigenvalue weighted by Gasteiger charge is 2.39. The average Bonchev–Trinajstić information content (AvgIpc) is 3.50. The van der Waals surface area contributed by atoms with Crippen LogP contribution in [0, 0.1) is 0 Å². The summed E-state index contributed by atoms with van der Waals surface area (Å²) in [5, 5.41) is 4.88. The van der Waals surface area contributed by atoms with Crippen molar-refractivity contribution in [3.63, 3.8) is 0 Å². The average molecular weight is 729 g/mol. The van der Waals surface area contributed by atoms with Crippen LogP contribution in [0.25, 0.3) is 94.9 Å². The molecule has 0 bridgehead atoms. The zero-order valence-electron chi connectivity index (χ0n) is 32.1. The number of allylic oxidation sites excluding steroid dienone is 1. The molecule has 8 aromatic carbocycles. The summed E-state index contributed by atoms with van der Waals surface area (Å²) in [6, 6.07) is 61.6. The Morgan fingerprint density at radius 1 is 0.456 bits per heavy atom. The highest BCUT2D eigenvalue weighted by molar-refractivity contribution is 6.06. The number of fused-ring (bicyclic) bond motifs is 6. The fourth-order valence-corrected chi connectivity index (χ4v) is 9.43. The molecule has 1 aromatic heterocycles. The molecule has 9 aromatic rings. The first kappa shape index (κ1) is 33.4. The predicted molar refractivity (Wildman–Crippen MR) is 239 cm³/mol. The van der Waals surface area contributed by atoms with E-state index in [0.717, 1.165) is 52.1 Å². The molecule has 0 radical (unpaired) electrons. The van der Waals surface area contributed by atoms with Gasteiger partial charge >= 0.3 is 0 Å². The summed E-state index contributed by atoms with van der Waals surface area (Å²) in [7, 11) is 0. The second-order valence-corrected chi connectivity index (χ2v) is 16.0. The number of hydrogen-bond acceptors (Lipinski definition) is 2. The Balaban J connectivity index is 1.07.